The third-order valence-electron chi connectivity index (χ3n) is 5.76. The molecule has 5 rings (SSSR count). The molecule has 1 atom stereocenters. The van der Waals surface area contributed by atoms with Gasteiger partial charge in [0.15, 0.2) is 5.54 Å². The van der Waals surface area contributed by atoms with Crippen LogP contribution in [-0.4, -0.2) is 46.9 Å². The molecule has 32 heavy (non-hydrogen) atoms. The average molecular weight is 431 g/mol. The van der Waals surface area contributed by atoms with Crippen LogP contribution >= 0.6 is 0 Å². The molecule has 3 aliphatic heterocycles. The highest BCUT2D eigenvalue weighted by Crippen LogP contribution is 2.34. The molecule has 2 N–H and O–H groups in total. The molecule has 1 aromatic heterocycles. The monoisotopic (exact) mass is 431 g/mol. The van der Waals surface area contributed by atoms with Crippen LogP contribution in [0.25, 0.3) is 6.08 Å². The van der Waals surface area contributed by atoms with Crippen molar-refractivity contribution in [3.63, 3.8) is 0 Å². The number of nitrogens with one attached hydrogen (secondary N) is 2. The molecule has 0 spiro atoms. The lowest BCUT2D eigenvalue weighted by molar-refractivity contribution is -0.124. The summed E-state index contributed by atoms with van der Waals surface area (Å²) in [5, 5.41) is 14.0. The number of imide groups is 1. The number of aromatic nitrogens is 1. The van der Waals surface area contributed by atoms with Crippen molar-refractivity contribution in [1.29, 1.82) is 5.26 Å². The van der Waals surface area contributed by atoms with Crippen molar-refractivity contribution < 1.29 is 23.9 Å². The van der Waals surface area contributed by atoms with Gasteiger partial charge in [0.05, 0.1) is 19.3 Å². The SMILES string of the molecule is COc1ccc2c(c1)C(=O)N(C[C@@]1(C3=Cc4nc(C#N)ccc4CO3)NC(=O)NC1=O)C2. The number of rotatable bonds is 4. The quantitative estimate of drug-likeness (QED) is 0.692. The first-order valence-electron chi connectivity index (χ1n) is 9.78. The first-order valence-corrected chi connectivity index (χ1v) is 9.78. The minimum Gasteiger partial charge on any atom is -0.497 e. The van der Waals surface area contributed by atoms with Gasteiger partial charge in [-0.3, -0.25) is 14.9 Å². The highest BCUT2D eigenvalue weighted by atomic mass is 16.5. The number of carbonyl (C=O) groups is 3. The van der Waals surface area contributed by atoms with Crippen LogP contribution in [0.4, 0.5) is 4.79 Å². The van der Waals surface area contributed by atoms with Crippen molar-refractivity contribution >= 4 is 23.9 Å². The van der Waals surface area contributed by atoms with E-state index >= 15 is 0 Å². The molecule has 4 heterocycles. The van der Waals surface area contributed by atoms with Gasteiger partial charge in [0, 0.05) is 23.7 Å². The number of hydrogen-bond donors (Lipinski definition) is 2. The first kappa shape index (κ1) is 19.6. The summed E-state index contributed by atoms with van der Waals surface area (Å²) in [5.41, 5.74) is 1.08. The highest BCUT2D eigenvalue weighted by Gasteiger charge is 2.53. The second kappa shape index (κ2) is 7.09. The van der Waals surface area contributed by atoms with Crippen LogP contribution in [0, 0.1) is 11.3 Å². The molecule has 1 aromatic carbocycles. The molecule has 10 heteroatoms. The molecular formula is C22H17N5O5. The van der Waals surface area contributed by atoms with Gasteiger partial charge in [-0.1, -0.05) is 12.1 Å². The molecule has 0 saturated carbocycles. The maximum absolute atomic E-state index is 13.1. The maximum Gasteiger partial charge on any atom is 0.322 e. The Kier molecular flexibility index (Phi) is 4.34. The van der Waals surface area contributed by atoms with Crippen LogP contribution < -0.4 is 15.4 Å². The molecule has 10 nitrogen and oxygen atoms in total. The number of methoxy groups -OCH3 is 1. The number of amides is 4. The van der Waals surface area contributed by atoms with E-state index < -0.39 is 17.5 Å². The number of fused-ring (bicyclic) bond motifs is 2. The number of nitriles is 1. The molecule has 1 fully saturated rings. The summed E-state index contributed by atoms with van der Waals surface area (Å²) in [6.07, 6.45) is 1.53. The smallest absolute Gasteiger partial charge is 0.322 e. The molecule has 2 aromatic rings. The zero-order valence-corrected chi connectivity index (χ0v) is 17.0. The van der Waals surface area contributed by atoms with Gasteiger partial charge in [0.2, 0.25) is 0 Å². The van der Waals surface area contributed by atoms with Gasteiger partial charge in [0.25, 0.3) is 11.8 Å². The van der Waals surface area contributed by atoms with Gasteiger partial charge in [-0.15, -0.1) is 0 Å². The van der Waals surface area contributed by atoms with E-state index in [-0.39, 0.29) is 37.1 Å². The highest BCUT2D eigenvalue weighted by molar-refractivity contribution is 6.10. The Morgan fingerprint density at radius 2 is 2.06 bits per heavy atom. The fraction of sp³-hybridized carbons (Fsp3) is 0.227. The molecule has 160 valence electrons. The topological polar surface area (TPSA) is 134 Å². The Hall–Kier alpha value is -4.39. The maximum atomic E-state index is 13.1. The lowest BCUT2D eigenvalue weighted by Crippen LogP contribution is -2.57. The predicted molar refractivity (Wildman–Crippen MR) is 109 cm³/mol. The number of benzene rings is 1. The summed E-state index contributed by atoms with van der Waals surface area (Å²) < 4.78 is 11.1. The largest absolute Gasteiger partial charge is 0.497 e. The molecule has 0 radical (unpaired) electrons. The lowest BCUT2D eigenvalue weighted by Gasteiger charge is -2.34. The van der Waals surface area contributed by atoms with E-state index in [0.29, 0.717) is 17.0 Å². The molecule has 1 saturated heterocycles. The van der Waals surface area contributed by atoms with Gasteiger partial charge < -0.3 is 19.7 Å². The van der Waals surface area contributed by atoms with Crippen LogP contribution in [0.15, 0.2) is 36.1 Å². The summed E-state index contributed by atoms with van der Waals surface area (Å²) in [7, 11) is 1.52. The van der Waals surface area contributed by atoms with Crippen molar-refractivity contribution in [2.45, 2.75) is 18.7 Å². The van der Waals surface area contributed by atoms with E-state index in [2.05, 4.69) is 15.6 Å². The zero-order chi connectivity index (χ0) is 22.5. The van der Waals surface area contributed by atoms with Crippen molar-refractivity contribution in [2.24, 2.45) is 0 Å². The Labute approximate surface area is 182 Å². The number of carbonyl (C=O) groups excluding carboxylic acids is 3. The van der Waals surface area contributed by atoms with E-state index in [0.717, 1.165) is 11.1 Å². The van der Waals surface area contributed by atoms with Crippen molar-refractivity contribution in [1.82, 2.24) is 20.5 Å². The molecule has 3 aliphatic rings. The van der Waals surface area contributed by atoms with Crippen LogP contribution in [-0.2, 0) is 22.7 Å². The summed E-state index contributed by atoms with van der Waals surface area (Å²) in [6.45, 7) is 0.236. The Bertz CT molecular complexity index is 1260. The number of urea groups is 1. The summed E-state index contributed by atoms with van der Waals surface area (Å²) in [5.74, 6) is -0.212. The summed E-state index contributed by atoms with van der Waals surface area (Å²) >= 11 is 0. The van der Waals surface area contributed by atoms with Gasteiger partial charge in [0.1, 0.15) is 29.9 Å². The van der Waals surface area contributed by atoms with Crippen molar-refractivity contribution in [3.8, 4) is 11.8 Å². The summed E-state index contributed by atoms with van der Waals surface area (Å²) in [4.78, 5) is 43.9. The number of nitrogens with zero attached hydrogens (tertiary/aromatic N) is 3. The Morgan fingerprint density at radius 1 is 1.25 bits per heavy atom. The van der Waals surface area contributed by atoms with Gasteiger partial charge >= 0.3 is 6.03 Å². The third kappa shape index (κ3) is 2.94. The normalized spacial score (nSPS) is 21.1. The molecule has 0 bridgehead atoms. The van der Waals surface area contributed by atoms with E-state index in [9.17, 15) is 14.4 Å². The Balaban J connectivity index is 1.52. The lowest BCUT2D eigenvalue weighted by atomic mass is 9.93. The molecular weight excluding hydrogens is 414 g/mol. The number of pyridine rings is 1. The second-order valence-electron chi connectivity index (χ2n) is 7.65. The van der Waals surface area contributed by atoms with Crippen molar-refractivity contribution in [2.75, 3.05) is 13.7 Å². The average Bonchev–Trinajstić information content (AvgIpc) is 3.27. The first-order chi connectivity index (χ1) is 15.4. The standard InChI is InChI=1S/C22H17N5O5/c1-31-15-5-3-12-9-27(19(28)16(12)6-15)11-22(20(29)25-21(30)26-22)18-7-17-13(10-32-18)2-4-14(8-23)24-17/h2-7H,9-11H2,1H3,(H2,25,26,29,30)/t22-/m0/s1. The van der Waals surface area contributed by atoms with E-state index in [1.807, 2.05) is 6.07 Å². The van der Waals surface area contributed by atoms with Crippen LogP contribution in [0.2, 0.25) is 0 Å². The predicted octanol–water partition coefficient (Wildman–Crippen LogP) is 1.07. The number of hydrogen-bond acceptors (Lipinski definition) is 7. The van der Waals surface area contributed by atoms with Crippen LogP contribution in [0.5, 0.6) is 5.75 Å². The van der Waals surface area contributed by atoms with Gasteiger partial charge in [-0.2, -0.15) is 5.26 Å². The van der Waals surface area contributed by atoms with Crippen LogP contribution in [0.1, 0.15) is 32.9 Å². The van der Waals surface area contributed by atoms with E-state index in [1.54, 1.807) is 30.3 Å². The fourth-order valence-electron chi connectivity index (χ4n) is 4.12. The van der Waals surface area contributed by atoms with Gasteiger partial charge in [-0.25, -0.2) is 9.78 Å². The van der Waals surface area contributed by atoms with Crippen LogP contribution in [0.3, 0.4) is 0 Å². The molecule has 0 unspecified atom stereocenters. The van der Waals surface area contributed by atoms with Gasteiger partial charge in [-0.05, 0) is 23.8 Å². The summed E-state index contributed by atoms with van der Waals surface area (Å²) in [6, 6.07) is 9.80. The minimum atomic E-state index is -1.62. The van der Waals surface area contributed by atoms with E-state index in [4.69, 9.17) is 14.7 Å². The third-order valence-corrected chi connectivity index (χ3v) is 5.76. The Morgan fingerprint density at radius 3 is 2.78 bits per heavy atom. The number of ether oxygens (including phenoxy) is 2. The minimum absolute atomic E-state index is 0.107. The molecule has 4 amide bonds. The van der Waals surface area contributed by atoms with Crippen molar-refractivity contribution in [3.05, 3.63) is 64.2 Å². The zero-order valence-electron chi connectivity index (χ0n) is 17.0. The fourth-order valence-corrected chi connectivity index (χ4v) is 4.12. The molecule has 0 aliphatic carbocycles. The van der Waals surface area contributed by atoms with E-state index in [1.165, 1.54) is 18.1 Å². The second-order valence-corrected chi connectivity index (χ2v) is 7.65.